The van der Waals surface area contributed by atoms with Gasteiger partial charge in [-0.15, -0.1) is 0 Å². The molecule has 3 aromatic heterocycles. The van der Waals surface area contributed by atoms with Crippen molar-refractivity contribution in [2.75, 3.05) is 0 Å². The van der Waals surface area contributed by atoms with E-state index in [0.29, 0.717) is 0 Å². The number of nitrogens with zero attached hydrogens (tertiary/aromatic N) is 2. The summed E-state index contributed by atoms with van der Waals surface area (Å²) in [6.07, 6.45) is 5.68. The monoisotopic (exact) mass is 590 g/mol. The molecule has 0 amide bonds. The Kier molecular flexibility index (Phi) is 5.19. The summed E-state index contributed by atoms with van der Waals surface area (Å²) in [5, 5.41) is 6.18. The van der Waals surface area contributed by atoms with Crippen LogP contribution in [-0.4, -0.2) is 9.13 Å². The Morgan fingerprint density at radius 3 is 2.04 bits per heavy atom. The van der Waals surface area contributed by atoms with Crippen LogP contribution in [0.2, 0.25) is 0 Å². The van der Waals surface area contributed by atoms with Gasteiger partial charge in [-0.05, 0) is 78.2 Å². The van der Waals surface area contributed by atoms with E-state index in [2.05, 4.69) is 156 Å². The van der Waals surface area contributed by atoms with Gasteiger partial charge in [-0.25, -0.2) is 0 Å². The minimum atomic E-state index is -0.158. The zero-order chi connectivity index (χ0) is 30.4. The highest BCUT2D eigenvalue weighted by Crippen LogP contribution is 2.44. The first-order chi connectivity index (χ1) is 22.7. The van der Waals surface area contributed by atoms with Crippen LogP contribution in [0.4, 0.5) is 0 Å². The van der Waals surface area contributed by atoms with Crippen molar-refractivity contribution >= 4 is 60.7 Å². The molecule has 10 rings (SSSR count). The fraction of sp³-hybridized carbons (Fsp3) is 0.0698. The number of benzene rings is 6. The molecule has 0 saturated heterocycles. The molecule has 3 heterocycles. The summed E-state index contributed by atoms with van der Waals surface area (Å²) in [4.78, 5) is 0. The second kappa shape index (κ2) is 9.35. The standard InChI is InChI=1S/C43H30N2O/c1-43(28-19-22-39-35(25-28)31-13-5-8-16-37(31)44(39)29-11-3-2-4-12-29)24-23-40-36(27-43)32-14-6-9-17-38(32)45(40)30-20-21-34-33-15-7-10-18-41(33)46-42(34)26-30/h2-26H,27H2,1H3. The summed E-state index contributed by atoms with van der Waals surface area (Å²) in [5.74, 6) is 0. The maximum Gasteiger partial charge on any atom is 0.137 e. The molecule has 0 bridgehead atoms. The Hall–Kier alpha value is -5.80. The normalized spacial score (nSPS) is 16.3. The lowest BCUT2D eigenvalue weighted by Gasteiger charge is -2.30. The molecule has 1 atom stereocenters. The van der Waals surface area contributed by atoms with E-state index in [0.717, 1.165) is 34.0 Å². The topological polar surface area (TPSA) is 23.0 Å². The summed E-state index contributed by atoms with van der Waals surface area (Å²) >= 11 is 0. The highest BCUT2D eigenvalue weighted by molar-refractivity contribution is 6.10. The molecular formula is C43H30N2O. The second-order valence-electron chi connectivity index (χ2n) is 12.8. The number of rotatable bonds is 3. The molecular weight excluding hydrogens is 560 g/mol. The molecule has 9 aromatic rings. The van der Waals surface area contributed by atoms with Gasteiger partial charge in [0.15, 0.2) is 0 Å². The van der Waals surface area contributed by atoms with Gasteiger partial charge in [-0.3, -0.25) is 0 Å². The summed E-state index contributed by atoms with van der Waals surface area (Å²) in [6, 6.07) is 50.3. The van der Waals surface area contributed by atoms with E-state index in [9.17, 15) is 0 Å². The van der Waals surface area contributed by atoms with Gasteiger partial charge in [0.25, 0.3) is 0 Å². The van der Waals surface area contributed by atoms with Gasteiger partial charge in [0.05, 0.1) is 16.6 Å². The number of hydrogen-bond acceptors (Lipinski definition) is 1. The van der Waals surface area contributed by atoms with Gasteiger partial charge in [-0.2, -0.15) is 0 Å². The van der Waals surface area contributed by atoms with Crippen LogP contribution < -0.4 is 0 Å². The van der Waals surface area contributed by atoms with Crippen LogP contribution >= 0.6 is 0 Å². The summed E-state index contributed by atoms with van der Waals surface area (Å²) < 4.78 is 11.1. The van der Waals surface area contributed by atoms with Crippen LogP contribution in [0.15, 0.2) is 150 Å². The zero-order valence-electron chi connectivity index (χ0n) is 25.4. The van der Waals surface area contributed by atoms with E-state index in [4.69, 9.17) is 4.42 Å². The number of para-hydroxylation sites is 4. The van der Waals surface area contributed by atoms with Crippen molar-refractivity contribution in [3.05, 3.63) is 162 Å². The summed E-state index contributed by atoms with van der Waals surface area (Å²) in [6.45, 7) is 2.39. The predicted molar refractivity (Wildman–Crippen MR) is 191 cm³/mol. The van der Waals surface area contributed by atoms with Gasteiger partial charge in [0, 0.05) is 55.5 Å². The Balaban J connectivity index is 1.13. The van der Waals surface area contributed by atoms with Crippen molar-refractivity contribution in [1.29, 1.82) is 0 Å². The van der Waals surface area contributed by atoms with Crippen molar-refractivity contribution < 1.29 is 4.42 Å². The molecule has 0 spiro atoms. The van der Waals surface area contributed by atoms with Crippen molar-refractivity contribution in [1.82, 2.24) is 9.13 Å². The number of furan rings is 1. The summed E-state index contributed by atoms with van der Waals surface area (Å²) in [7, 11) is 0. The first kappa shape index (κ1) is 25.5. The molecule has 46 heavy (non-hydrogen) atoms. The summed E-state index contributed by atoms with van der Waals surface area (Å²) in [5.41, 5.74) is 11.6. The van der Waals surface area contributed by atoms with E-state index in [-0.39, 0.29) is 5.41 Å². The maximum absolute atomic E-state index is 6.30. The quantitative estimate of drug-likeness (QED) is 0.201. The average Bonchev–Trinajstić information content (AvgIpc) is 3.75. The lowest BCUT2D eigenvalue weighted by molar-refractivity contribution is 0.589. The number of fused-ring (bicyclic) bond motifs is 9. The van der Waals surface area contributed by atoms with Gasteiger partial charge >= 0.3 is 0 Å². The fourth-order valence-electron chi connectivity index (χ4n) is 7.89. The largest absolute Gasteiger partial charge is 0.456 e. The van der Waals surface area contributed by atoms with E-state index in [1.165, 1.54) is 55.2 Å². The third-order valence-corrected chi connectivity index (χ3v) is 10.1. The first-order valence-corrected chi connectivity index (χ1v) is 16.0. The molecule has 218 valence electrons. The van der Waals surface area contributed by atoms with Crippen LogP contribution in [0, 0.1) is 0 Å². The minimum absolute atomic E-state index is 0.158. The SMILES string of the molecule is CC1(c2ccc3c(c2)c2ccccc2n3-c2ccccc2)C=Cc2c(c3ccccc3n2-c2ccc3c(c2)oc2ccccc23)C1. The molecule has 3 nitrogen and oxygen atoms in total. The highest BCUT2D eigenvalue weighted by Gasteiger charge is 2.32. The van der Waals surface area contributed by atoms with Crippen molar-refractivity contribution in [2.24, 2.45) is 0 Å². The van der Waals surface area contributed by atoms with Crippen LogP contribution in [0.25, 0.3) is 72.1 Å². The van der Waals surface area contributed by atoms with E-state index >= 15 is 0 Å². The van der Waals surface area contributed by atoms with Crippen molar-refractivity contribution in [3.8, 4) is 11.4 Å². The molecule has 0 fully saturated rings. The van der Waals surface area contributed by atoms with Crippen molar-refractivity contribution in [3.63, 3.8) is 0 Å². The number of hydrogen-bond donors (Lipinski definition) is 0. The molecule has 3 heteroatoms. The predicted octanol–water partition coefficient (Wildman–Crippen LogP) is 11.2. The lowest BCUT2D eigenvalue weighted by atomic mass is 9.73. The van der Waals surface area contributed by atoms with Crippen LogP contribution in [0.1, 0.15) is 23.7 Å². The lowest BCUT2D eigenvalue weighted by Crippen LogP contribution is -2.25. The molecule has 6 aromatic carbocycles. The van der Waals surface area contributed by atoms with Crippen LogP contribution in [0.5, 0.6) is 0 Å². The molecule has 1 unspecified atom stereocenters. The van der Waals surface area contributed by atoms with E-state index < -0.39 is 0 Å². The molecule has 0 radical (unpaired) electrons. The smallest absolute Gasteiger partial charge is 0.137 e. The first-order valence-electron chi connectivity index (χ1n) is 16.0. The van der Waals surface area contributed by atoms with Crippen LogP contribution in [-0.2, 0) is 11.8 Å². The van der Waals surface area contributed by atoms with Gasteiger partial charge in [0.2, 0.25) is 0 Å². The Bertz CT molecular complexity index is 2680. The van der Waals surface area contributed by atoms with Gasteiger partial charge in [-0.1, -0.05) is 91.9 Å². The average molecular weight is 591 g/mol. The highest BCUT2D eigenvalue weighted by atomic mass is 16.3. The Morgan fingerprint density at radius 1 is 0.522 bits per heavy atom. The van der Waals surface area contributed by atoms with E-state index in [1.54, 1.807) is 0 Å². The minimum Gasteiger partial charge on any atom is -0.456 e. The third kappa shape index (κ3) is 3.54. The number of aromatic nitrogens is 2. The van der Waals surface area contributed by atoms with E-state index in [1.807, 2.05) is 12.1 Å². The zero-order valence-corrected chi connectivity index (χ0v) is 25.4. The fourth-order valence-corrected chi connectivity index (χ4v) is 7.89. The molecule has 0 saturated carbocycles. The van der Waals surface area contributed by atoms with Crippen molar-refractivity contribution in [2.45, 2.75) is 18.8 Å². The molecule has 1 aliphatic carbocycles. The van der Waals surface area contributed by atoms with Gasteiger partial charge in [0.1, 0.15) is 11.2 Å². The maximum atomic E-state index is 6.30. The van der Waals surface area contributed by atoms with Crippen LogP contribution in [0.3, 0.4) is 0 Å². The number of allylic oxidation sites excluding steroid dienone is 1. The molecule has 1 aliphatic rings. The van der Waals surface area contributed by atoms with Gasteiger partial charge < -0.3 is 13.6 Å². The third-order valence-electron chi connectivity index (χ3n) is 10.1. The Labute approximate surface area is 266 Å². The molecule has 0 aliphatic heterocycles. The second-order valence-corrected chi connectivity index (χ2v) is 12.8. The Morgan fingerprint density at radius 2 is 1.20 bits per heavy atom. The molecule has 0 N–H and O–H groups in total.